The van der Waals surface area contributed by atoms with Crippen molar-refractivity contribution in [3.05, 3.63) is 52.8 Å². The number of amides is 1. The van der Waals surface area contributed by atoms with Crippen molar-refractivity contribution in [3.8, 4) is 11.4 Å². The molecule has 12 nitrogen and oxygen atoms in total. The zero-order chi connectivity index (χ0) is 34.2. The van der Waals surface area contributed by atoms with E-state index in [1.54, 1.807) is 24.3 Å². The second kappa shape index (κ2) is 13.0. The number of carboxylic acids is 1. The molecule has 250 valence electrons. The number of nitrogens with zero attached hydrogens (tertiary/aromatic N) is 4. The van der Waals surface area contributed by atoms with Crippen LogP contribution < -0.4 is 20.9 Å². The number of anilines is 2. The highest BCUT2D eigenvalue weighted by atomic mass is 35.5. The van der Waals surface area contributed by atoms with Crippen LogP contribution in [0, 0.1) is 5.82 Å². The molecule has 0 bridgehead atoms. The van der Waals surface area contributed by atoms with Crippen LogP contribution in [0.3, 0.4) is 0 Å². The lowest BCUT2D eigenvalue weighted by Gasteiger charge is -2.33. The Hall–Kier alpha value is -4.01. The van der Waals surface area contributed by atoms with E-state index in [0.717, 1.165) is 17.0 Å². The molecule has 2 aromatic carbocycles. The number of carboxylic acid groups (broad SMARTS) is 1. The van der Waals surface area contributed by atoms with Crippen LogP contribution >= 0.6 is 11.6 Å². The maximum atomic E-state index is 15.3. The predicted octanol–water partition coefficient (Wildman–Crippen LogP) is 3.15. The minimum Gasteiger partial charge on any atom is -0.475 e. The standard InChI is InChI=1S/C23H21ClF4N6O4S.C2HF3O2/c24-13-3-1-12(2-4-13)9-34-17-7-14(15(25)8-18(17)39(36,37)11-16(29)21(34)35)20-31-22(38-32-20)33-6-5-30-19(10-33)23(26,27)28;3-2(4,5)1(6)7/h1-4,7-8,16,19,30H,5-6,9-11,29H2;(H,6,7)/t16-,19?;/m0./s1. The summed E-state index contributed by atoms with van der Waals surface area (Å²) in [5.74, 6) is -5.57. The maximum absolute atomic E-state index is 15.3. The quantitative estimate of drug-likeness (QED) is 0.341. The van der Waals surface area contributed by atoms with Crippen LogP contribution in [0.5, 0.6) is 0 Å². The van der Waals surface area contributed by atoms with E-state index in [1.807, 2.05) is 0 Å². The largest absolute Gasteiger partial charge is 0.490 e. The molecule has 1 aromatic heterocycles. The Balaban J connectivity index is 0.000000617. The number of nitrogens with two attached hydrogens (primary N) is 1. The summed E-state index contributed by atoms with van der Waals surface area (Å²) in [4.78, 5) is 28.0. The van der Waals surface area contributed by atoms with Crippen molar-refractivity contribution in [2.75, 3.05) is 35.2 Å². The number of benzene rings is 2. The van der Waals surface area contributed by atoms with E-state index in [2.05, 4.69) is 15.5 Å². The van der Waals surface area contributed by atoms with Crippen molar-refractivity contribution >= 4 is 45.0 Å². The van der Waals surface area contributed by atoms with E-state index in [-0.39, 0.29) is 42.7 Å². The zero-order valence-electron chi connectivity index (χ0n) is 22.9. The average molecular weight is 703 g/mol. The number of piperazine rings is 1. The number of halogens is 8. The molecule has 46 heavy (non-hydrogen) atoms. The van der Waals surface area contributed by atoms with E-state index in [0.29, 0.717) is 10.6 Å². The van der Waals surface area contributed by atoms with Crippen molar-refractivity contribution in [1.29, 1.82) is 0 Å². The van der Waals surface area contributed by atoms with Crippen LogP contribution in [0.15, 0.2) is 45.8 Å². The number of carbonyl (C=O) groups excluding carboxylic acids is 1. The lowest BCUT2D eigenvalue weighted by atomic mass is 10.1. The van der Waals surface area contributed by atoms with Gasteiger partial charge in [-0.25, -0.2) is 17.6 Å². The van der Waals surface area contributed by atoms with Gasteiger partial charge in [-0.2, -0.15) is 31.3 Å². The van der Waals surface area contributed by atoms with Gasteiger partial charge in [-0.3, -0.25) is 4.79 Å². The fourth-order valence-electron chi connectivity index (χ4n) is 4.42. The summed E-state index contributed by atoms with van der Waals surface area (Å²) in [6.45, 7) is -0.485. The van der Waals surface area contributed by atoms with Gasteiger partial charge in [-0.1, -0.05) is 28.9 Å². The van der Waals surface area contributed by atoms with Gasteiger partial charge >= 0.3 is 24.3 Å². The molecule has 0 saturated carbocycles. The van der Waals surface area contributed by atoms with E-state index >= 15 is 4.39 Å². The molecule has 21 heteroatoms. The van der Waals surface area contributed by atoms with Gasteiger partial charge in [0.15, 0.2) is 9.84 Å². The maximum Gasteiger partial charge on any atom is 0.490 e. The number of fused-ring (bicyclic) bond motifs is 1. The van der Waals surface area contributed by atoms with Crippen LogP contribution in [0.2, 0.25) is 5.02 Å². The Morgan fingerprint density at radius 3 is 2.37 bits per heavy atom. The first-order valence-corrected chi connectivity index (χ1v) is 14.9. The third-order valence-electron chi connectivity index (χ3n) is 6.65. The highest BCUT2D eigenvalue weighted by molar-refractivity contribution is 7.91. The number of aromatic nitrogens is 2. The molecule has 0 spiro atoms. The summed E-state index contributed by atoms with van der Waals surface area (Å²) in [5.41, 5.74) is 6.03. The van der Waals surface area contributed by atoms with Gasteiger partial charge in [0.05, 0.1) is 34.5 Å². The molecule has 0 radical (unpaired) electrons. The highest BCUT2D eigenvalue weighted by Gasteiger charge is 2.43. The van der Waals surface area contributed by atoms with Crippen molar-refractivity contribution in [2.24, 2.45) is 5.73 Å². The molecule has 1 saturated heterocycles. The number of alkyl halides is 6. The number of nitrogens with one attached hydrogen (secondary N) is 1. The molecule has 4 N–H and O–H groups in total. The summed E-state index contributed by atoms with van der Waals surface area (Å²) < 4.78 is 118. The monoisotopic (exact) mass is 702 g/mol. The molecule has 3 heterocycles. The molecule has 2 aliphatic heterocycles. The minimum atomic E-state index is -5.08. The van der Waals surface area contributed by atoms with Crippen molar-refractivity contribution in [2.45, 2.75) is 35.9 Å². The third-order valence-corrected chi connectivity index (χ3v) is 8.70. The van der Waals surface area contributed by atoms with Crippen LogP contribution in [-0.2, 0) is 26.0 Å². The summed E-state index contributed by atoms with van der Waals surface area (Å²) >= 11 is 5.94. The number of sulfone groups is 1. The van der Waals surface area contributed by atoms with Gasteiger partial charge < -0.3 is 30.5 Å². The summed E-state index contributed by atoms with van der Waals surface area (Å²) in [7, 11) is -4.18. The Kier molecular flexibility index (Phi) is 9.86. The van der Waals surface area contributed by atoms with E-state index in [9.17, 15) is 39.6 Å². The topological polar surface area (TPSA) is 172 Å². The van der Waals surface area contributed by atoms with Gasteiger partial charge in [0.2, 0.25) is 11.7 Å². The molecule has 1 fully saturated rings. The molecule has 2 aliphatic rings. The van der Waals surface area contributed by atoms with Gasteiger partial charge in [0.1, 0.15) is 11.9 Å². The Labute approximate surface area is 259 Å². The normalized spacial score (nSPS) is 20.0. The fraction of sp³-hybridized carbons (Fsp3) is 0.360. The van der Waals surface area contributed by atoms with Crippen molar-refractivity contribution < 1.29 is 58.4 Å². The van der Waals surface area contributed by atoms with Gasteiger partial charge in [0.25, 0.3) is 0 Å². The highest BCUT2D eigenvalue weighted by Crippen LogP contribution is 2.37. The first-order chi connectivity index (χ1) is 21.3. The lowest BCUT2D eigenvalue weighted by Crippen LogP contribution is -2.57. The second-order valence-electron chi connectivity index (χ2n) is 9.94. The SMILES string of the molecule is N[C@H]1CS(=O)(=O)c2cc(F)c(-c3noc(N4CCNC(C(F)(F)F)C4)n3)cc2N(Cc2ccc(Cl)cc2)C1=O.O=C(O)C(F)(F)F. The van der Waals surface area contributed by atoms with E-state index in [1.165, 1.54) is 4.90 Å². The zero-order valence-corrected chi connectivity index (χ0v) is 24.5. The van der Waals surface area contributed by atoms with Crippen molar-refractivity contribution in [1.82, 2.24) is 15.5 Å². The fourth-order valence-corrected chi connectivity index (χ4v) is 6.11. The predicted molar refractivity (Wildman–Crippen MR) is 146 cm³/mol. The minimum absolute atomic E-state index is 0.00498. The number of carbonyl (C=O) groups is 2. The van der Waals surface area contributed by atoms with Crippen molar-refractivity contribution in [3.63, 3.8) is 0 Å². The molecule has 5 rings (SSSR count). The van der Waals surface area contributed by atoms with E-state index < -0.39 is 69.2 Å². The number of rotatable bonds is 4. The van der Waals surface area contributed by atoms with Gasteiger partial charge in [-0.15, -0.1) is 0 Å². The average Bonchev–Trinajstić information content (AvgIpc) is 3.44. The molecule has 3 aromatic rings. The molecule has 2 atom stereocenters. The summed E-state index contributed by atoms with van der Waals surface area (Å²) in [6.07, 6.45) is -9.59. The Morgan fingerprint density at radius 2 is 1.78 bits per heavy atom. The molecule has 1 unspecified atom stereocenters. The van der Waals surface area contributed by atoms with E-state index in [4.69, 9.17) is 31.8 Å². The molecular formula is C25H22ClF7N6O6S. The van der Waals surface area contributed by atoms with Crippen LogP contribution in [-0.4, -0.2) is 85.4 Å². The van der Waals surface area contributed by atoms with Crippen LogP contribution in [0.25, 0.3) is 11.4 Å². The first kappa shape index (κ1) is 34.9. The Morgan fingerprint density at radius 1 is 1.15 bits per heavy atom. The molecule has 1 amide bonds. The number of hydrogen-bond acceptors (Lipinski definition) is 10. The number of hydrogen-bond donors (Lipinski definition) is 3. The van der Waals surface area contributed by atoms with Crippen LogP contribution in [0.4, 0.5) is 42.4 Å². The van der Waals surface area contributed by atoms with Gasteiger partial charge in [-0.05, 0) is 29.8 Å². The summed E-state index contributed by atoms with van der Waals surface area (Å²) in [5, 5.41) is 13.6. The first-order valence-electron chi connectivity index (χ1n) is 12.8. The van der Waals surface area contributed by atoms with Gasteiger partial charge in [0, 0.05) is 24.7 Å². The number of aliphatic carboxylic acids is 1. The van der Waals surface area contributed by atoms with Crippen LogP contribution in [0.1, 0.15) is 5.56 Å². The summed E-state index contributed by atoms with van der Waals surface area (Å²) in [6, 6.07) is 4.80. The third kappa shape index (κ3) is 7.85. The second-order valence-corrected chi connectivity index (χ2v) is 12.4. The Bertz CT molecular complexity index is 1720. The molecule has 0 aliphatic carbocycles. The lowest BCUT2D eigenvalue weighted by molar-refractivity contribution is -0.192. The molecular weight excluding hydrogens is 681 g/mol. The smallest absolute Gasteiger partial charge is 0.475 e.